The summed E-state index contributed by atoms with van der Waals surface area (Å²) < 4.78 is 0.908. The van der Waals surface area contributed by atoms with Gasteiger partial charge >= 0.3 is 0 Å². The molecule has 0 aliphatic carbocycles. The smallest absolute Gasteiger partial charge is 0.183 e. The maximum atomic E-state index is 4.26. The lowest BCUT2D eigenvalue weighted by Gasteiger charge is -2.16. The maximum absolute atomic E-state index is 4.26. The number of anilines is 1. The van der Waals surface area contributed by atoms with Gasteiger partial charge in [-0.15, -0.1) is 11.3 Å². The third kappa shape index (κ3) is 2.75. The zero-order valence-electron chi connectivity index (χ0n) is 7.47. The van der Waals surface area contributed by atoms with Crippen LogP contribution in [0, 0.1) is 5.92 Å². The van der Waals surface area contributed by atoms with Crippen LogP contribution in [0.3, 0.4) is 0 Å². The van der Waals surface area contributed by atoms with Crippen LogP contribution in [-0.4, -0.2) is 11.0 Å². The second-order valence-electron chi connectivity index (χ2n) is 3.15. The van der Waals surface area contributed by atoms with Crippen LogP contribution in [0.25, 0.3) is 0 Å². The molecular weight excluding hydrogens is 236 g/mol. The summed E-state index contributed by atoms with van der Waals surface area (Å²) in [6.45, 7) is 6.56. The summed E-state index contributed by atoms with van der Waals surface area (Å²) in [6, 6.07) is 0.475. The highest BCUT2D eigenvalue weighted by Crippen LogP contribution is 2.21. The molecular formula is C8H13BrN2S. The van der Waals surface area contributed by atoms with Crippen molar-refractivity contribution in [2.24, 2.45) is 5.92 Å². The Bertz CT molecular complexity index is 247. The largest absolute Gasteiger partial charge is 0.359 e. The molecule has 1 N–H and O–H groups in total. The lowest BCUT2D eigenvalue weighted by molar-refractivity contribution is 0.559. The molecule has 0 saturated carbocycles. The van der Waals surface area contributed by atoms with E-state index in [-0.39, 0.29) is 0 Å². The molecule has 0 aromatic carbocycles. The third-order valence-electron chi connectivity index (χ3n) is 1.83. The molecule has 4 heteroatoms. The number of rotatable bonds is 3. The molecule has 12 heavy (non-hydrogen) atoms. The van der Waals surface area contributed by atoms with Gasteiger partial charge in [-0.1, -0.05) is 13.8 Å². The Morgan fingerprint density at radius 2 is 2.17 bits per heavy atom. The zero-order chi connectivity index (χ0) is 9.14. The molecule has 0 bridgehead atoms. The van der Waals surface area contributed by atoms with Gasteiger partial charge in [0.05, 0.1) is 0 Å². The normalized spacial score (nSPS) is 13.4. The standard InChI is InChI=1S/C8H13BrN2S/c1-5(2)6(3)10-8-11-7(9)4-12-8/h4-6H,1-3H3,(H,10,11). The minimum absolute atomic E-state index is 0.475. The molecule has 1 atom stereocenters. The van der Waals surface area contributed by atoms with E-state index in [0.29, 0.717) is 12.0 Å². The summed E-state index contributed by atoms with van der Waals surface area (Å²) in [5.74, 6) is 0.632. The van der Waals surface area contributed by atoms with Gasteiger partial charge in [-0.25, -0.2) is 4.98 Å². The molecule has 1 aromatic heterocycles. The Labute approximate surface area is 85.5 Å². The first-order valence-corrected chi connectivity index (χ1v) is 5.64. The molecule has 1 rings (SSSR count). The highest BCUT2D eigenvalue weighted by atomic mass is 79.9. The summed E-state index contributed by atoms with van der Waals surface area (Å²) in [7, 11) is 0. The highest BCUT2D eigenvalue weighted by Gasteiger charge is 2.08. The summed E-state index contributed by atoms with van der Waals surface area (Å²) in [6.07, 6.45) is 0. The van der Waals surface area contributed by atoms with Crippen LogP contribution in [0.2, 0.25) is 0 Å². The van der Waals surface area contributed by atoms with E-state index in [1.807, 2.05) is 5.38 Å². The van der Waals surface area contributed by atoms with Gasteiger partial charge in [-0.05, 0) is 28.8 Å². The Morgan fingerprint density at radius 3 is 2.58 bits per heavy atom. The fraction of sp³-hybridized carbons (Fsp3) is 0.625. The van der Waals surface area contributed by atoms with Gasteiger partial charge in [0.25, 0.3) is 0 Å². The number of halogens is 1. The molecule has 0 fully saturated rings. The SMILES string of the molecule is CC(C)C(C)Nc1nc(Br)cs1. The molecule has 0 aliphatic heterocycles. The monoisotopic (exact) mass is 248 g/mol. The lowest BCUT2D eigenvalue weighted by Crippen LogP contribution is -2.21. The van der Waals surface area contributed by atoms with E-state index in [0.717, 1.165) is 9.73 Å². The Kier molecular flexibility index (Phi) is 3.53. The van der Waals surface area contributed by atoms with Gasteiger partial charge in [0.15, 0.2) is 5.13 Å². The highest BCUT2D eigenvalue weighted by molar-refractivity contribution is 9.10. The van der Waals surface area contributed by atoms with Gasteiger partial charge < -0.3 is 5.32 Å². The zero-order valence-corrected chi connectivity index (χ0v) is 9.87. The van der Waals surface area contributed by atoms with Crippen molar-refractivity contribution in [3.63, 3.8) is 0 Å². The van der Waals surface area contributed by atoms with E-state index < -0.39 is 0 Å². The van der Waals surface area contributed by atoms with Crippen LogP contribution in [0.1, 0.15) is 20.8 Å². The second kappa shape index (κ2) is 4.23. The number of nitrogens with zero attached hydrogens (tertiary/aromatic N) is 1. The summed E-state index contributed by atoms with van der Waals surface area (Å²) >= 11 is 4.94. The van der Waals surface area contributed by atoms with E-state index in [4.69, 9.17) is 0 Å². The molecule has 0 saturated heterocycles. The minimum atomic E-state index is 0.475. The lowest BCUT2D eigenvalue weighted by atomic mass is 10.1. The third-order valence-corrected chi connectivity index (χ3v) is 3.31. The Hall–Kier alpha value is -0.0900. The average molecular weight is 249 g/mol. The molecule has 1 aromatic rings. The first-order valence-electron chi connectivity index (χ1n) is 3.97. The summed E-state index contributed by atoms with van der Waals surface area (Å²) in [4.78, 5) is 4.26. The van der Waals surface area contributed by atoms with Crippen molar-refractivity contribution in [1.82, 2.24) is 4.98 Å². The number of nitrogens with one attached hydrogen (secondary N) is 1. The molecule has 68 valence electrons. The van der Waals surface area contributed by atoms with Crippen LogP contribution < -0.4 is 5.32 Å². The van der Waals surface area contributed by atoms with E-state index in [1.54, 1.807) is 11.3 Å². The quantitative estimate of drug-likeness (QED) is 0.888. The van der Waals surface area contributed by atoms with E-state index in [9.17, 15) is 0 Å². The van der Waals surface area contributed by atoms with E-state index in [2.05, 4.69) is 47.0 Å². The van der Waals surface area contributed by atoms with Crippen molar-refractivity contribution < 1.29 is 0 Å². The van der Waals surface area contributed by atoms with Crippen molar-refractivity contribution in [3.8, 4) is 0 Å². The van der Waals surface area contributed by atoms with Gasteiger partial charge in [0, 0.05) is 11.4 Å². The predicted octanol–water partition coefficient (Wildman–Crippen LogP) is 3.36. The Balaban J connectivity index is 2.52. The fourth-order valence-corrected chi connectivity index (χ4v) is 1.92. The summed E-state index contributed by atoms with van der Waals surface area (Å²) in [5.41, 5.74) is 0. The van der Waals surface area contributed by atoms with Crippen LogP contribution in [0.4, 0.5) is 5.13 Å². The number of thiazole rings is 1. The molecule has 1 heterocycles. The fourth-order valence-electron chi connectivity index (χ4n) is 0.682. The van der Waals surface area contributed by atoms with Gasteiger partial charge in [0.2, 0.25) is 0 Å². The van der Waals surface area contributed by atoms with Crippen LogP contribution in [0.5, 0.6) is 0 Å². The van der Waals surface area contributed by atoms with Crippen molar-refractivity contribution in [1.29, 1.82) is 0 Å². The summed E-state index contributed by atoms with van der Waals surface area (Å²) in [5, 5.41) is 6.31. The number of hydrogen-bond acceptors (Lipinski definition) is 3. The van der Waals surface area contributed by atoms with Crippen LogP contribution in [0.15, 0.2) is 9.98 Å². The first-order chi connectivity index (χ1) is 5.59. The minimum Gasteiger partial charge on any atom is -0.359 e. The van der Waals surface area contributed by atoms with Crippen molar-refractivity contribution in [2.45, 2.75) is 26.8 Å². The Morgan fingerprint density at radius 1 is 1.50 bits per heavy atom. The van der Waals surface area contributed by atoms with Crippen molar-refractivity contribution >= 4 is 32.4 Å². The number of aromatic nitrogens is 1. The van der Waals surface area contributed by atoms with Gasteiger partial charge in [-0.3, -0.25) is 0 Å². The van der Waals surface area contributed by atoms with E-state index in [1.165, 1.54) is 0 Å². The van der Waals surface area contributed by atoms with Crippen LogP contribution >= 0.6 is 27.3 Å². The maximum Gasteiger partial charge on any atom is 0.183 e. The molecule has 1 unspecified atom stereocenters. The van der Waals surface area contributed by atoms with Gasteiger partial charge in [-0.2, -0.15) is 0 Å². The van der Waals surface area contributed by atoms with Crippen molar-refractivity contribution in [2.75, 3.05) is 5.32 Å². The molecule has 0 spiro atoms. The molecule has 2 nitrogen and oxygen atoms in total. The average Bonchev–Trinajstić information content (AvgIpc) is 2.35. The first kappa shape index (κ1) is 9.99. The predicted molar refractivity (Wildman–Crippen MR) is 57.7 cm³/mol. The topological polar surface area (TPSA) is 24.9 Å². The number of hydrogen-bond donors (Lipinski definition) is 1. The van der Waals surface area contributed by atoms with Crippen molar-refractivity contribution in [3.05, 3.63) is 9.98 Å². The second-order valence-corrected chi connectivity index (χ2v) is 4.82. The van der Waals surface area contributed by atoms with Crippen LogP contribution in [-0.2, 0) is 0 Å². The van der Waals surface area contributed by atoms with E-state index >= 15 is 0 Å². The molecule has 0 amide bonds. The van der Waals surface area contributed by atoms with Gasteiger partial charge in [0.1, 0.15) is 4.60 Å². The molecule has 0 aliphatic rings. The molecule has 0 radical (unpaired) electrons.